The van der Waals surface area contributed by atoms with Crippen LogP contribution in [-0.2, 0) is 6.54 Å². The maximum absolute atomic E-state index is 13.6. The summed E-state index contributed by atoms with van der Waals surface area (Å²) in [5.41, 5.74) is 3.85. The van der Waals surface area contributed by atoms with E-state index in [1.807, 2.05) is 25.1 Å². The first kappa shape index (κ1) is 17.5. The minimum Gasteiger partial charge on any atom is -0.494 e. The predicted octanol–water partition coefficient (Wildman–Crippen LogP) is 5.57. The van der Waals surface area contributed by atoms with Gasteiger partial charge < -0.3 is 9.64 Å². The normalized spacial score (nSPS) is 15.6. The van der Waals surface area contributed by atoms with Crippen LogP contribution < -0.4 is 9.64 Å². The van der Waals surface area contributed by atoms with Gasteiger partial charge in [0.25, 0.3) is 0 Å². The Kier molecular flexibility index (Phi) is 4.55. The highest BCUT2D eigenvalue weighted by molar-refractivity contribution is 5.82. The van der Waals surface area contributed by atoms with Crippen molar-refractivity contribution >= 4 is 11.3 Å². The SMILES string of the molecule is CCOc1ccc2c(c1)C(C)=CC(C)(C)N2Cc1ccc(F)c(F)c1. The van der Waals surface area contributed by atoms with E-state index in [-0.39, 0.29) is 5.54 Å². The topological polar surface area (TPSA) is 12.5 Å². The largest absolute Gasteiger partial charge is 0.494 e. The van der Waals surface area contributed by atoms with Crippen molar-refractivity contribution in [1.29, 1.82) is 0 Å². The molecule has 132 valence electrons. The zero-order chi connectivity index (χ0) is 18.2. The number of hydrogen-bond donors (Lipinski definition) is 0. The van der Waals surface area contributed by atoms with Crippen LogP contribution in [0, 0.1) is 11.6 Å². The number of benzene rings is 2. The quantitative estimate of drug-likeness (QED) is 0.720. The summed E-state index contributed by atoms with van der Waals surface area (Å²) in [6.07, 6.45) is 2.20. The summed E-state index contributed by atoms with van der Waals surface area (Å²) in [5.74, 6) is -0.799. The first-order valence-corrected chi connectivity index (χ1v) is 8.50. The molecule has 0 fully saturated rings. The van der Waals surface area contributed by atoms with Gasteiger partial charge in [-0.25, -0.2) is 8.78 Å². The third kappa shape index (κ3) is 3.39. The lowest BCUT2D eigenvalue weighted by Crippen LogP contribution is -2.44. The molecule has 0 bridgehead atoms. The molecule has 0 saturated heterocycles. The average molecular weight is 343 g/mol. The molecule has 4 heteroatoms. The van der Waals surface area contributed by atoms with Gasteiger partial charge in [0.1, 0.15) is 5.75 Å². The number of ether oxygens (including phenoxy) is 1. The summed E-state index contributed by atoms with van der Waals surface area (Å²) < 4.78 is 32.4. The van der Waals surface area contributed by atoms with Crippen molar-refractivity contribution in [3.05, 3.63) is 65.2 Å². The van der Waals surface area contributed by atoms with Crippen LogP contribution in [0.2, 0.25) is 0 Å². The van der Waals surface area contributed by atoms with Gasteiger partial charge in [-0.3, -0.25) is 0 Å². The highest BCUT2D eigenvalue weighted by Gasteiger charge is 2.31. The summed E-state index contributed by atoms with van der Waals surface area (Å²) in [7, 11) is 0. The molecule has 0 unspecified atom stereocenters. The second-order valence-electron chi connectivity index (χ2n) is 6.93. The molecule has 0 aliphatic carbocycles. The standard InChI is InChI=1S/C21H23F2NO/c1-5-25-16-7-9-20-17(11-16)14(2)12-21(3,4)24(20)13-15-6-8-18(22)19(23)10-15/h6-12H,5,13H2,1-4H3. The van der Waals surface area contributed by atoms with Gasteiger partial charge in [0.05, 0.1) is 12.1 Å². The number of fused-ring (bicyclic) bond motifs is 1. The van der Waals surface area contributed by atoms with Gasteiger partial charge in [-0.1, -0.05) is 12.1 Å². The second kappa shape index (κ2) is 6.51. The van der Waals surface area contributed by atoms with E-state index < -0.39 is 11.6 Å². The van der Waals surface area contributed by atoms with Crippen molar-refractivity contribution in [3.63, 3.8) is 0 Å². The zero-order valence-electron chi connectivity index (χ0n) is 15.1. The Bertz CT molecular complexity index is 827. The van der Waals surface area contributed by atoms with Gasteiger partial charge in [0.15, 0.2) is 11.6 Å². The van der Waals surface area contributed by atoms with E-state index in [0.717, 1.165) is 22.6 Å². The van der Waals surface area contributed by atoms with Crippen LogP contribution >= 0.6 is 0 Å². The Morgan fingerprint density at radius 2 is 1.80 bits per heavy atom. The van der Waals surface area contributed by atoms with Crippen LogP contribution in [0.25, 0.3) is 5.57 Å². The van der Waals surface area contributed by atoms with Crippen LogP contribution in [0.5, 0.6) is 5.75 Å². The number of rotatable bonds is 4. The van der Waals surface area contributed by atoms with Crippen molar-refractivity contribution in [3.8, 4) is 5.75 Å². The van der Waals surface area contributed by atoms with Crippen LogP contribution in [0.1, 0.15) is 38.8 Å². The summed E-state index contributed by atoms with van der Waals surface area (Å²) >= 11 is 0. The van der Waals surface area contributed by atoms with Crippen molar-refractivity contribution in [2.45, 2.75) is 39.8 Å². The number of halogens is 2. The summed E-state index contributed by atoms with van der Waals surface area (Å²) in [6, 6.07) is 10.1. The number of anilines is 1. The highest BCUT2D eigenvalue weighted by Crippen LogP contribution is 2.41. The van der Waals surface area contributed by atoms with E-state index in [2.05, 4.69) is 31.7 Å². The Balaban J connectivity index is 2.02. The molecule has 0 atom stereocenters. The molecule has 0 saturated carbocycles. The number of nitrogens with zero attached hydrogens (tertiary/aromatic N) is 1. The number of allylic oxidation sites excluding steroid dienone is 1. The molecule has 1 heterocycles. The predicted molar refractivity (Wildman–Crippen MR) is 97.9 cm³/mol. The molecule has 1 aliphatic rings. The maximum atomic E-state index is 13.6. The summed E-state index contributed by atoms with van der Waals surface area (Å²) in [5, 5.41) is 0. The van der Waals surface area contributed by atoms with Crippen LogP contribution in [0.15, 0.2) is 42.5 Å². The molecular weight excluding hydrogens is 320 g/mol. The van der Waals surface area contributed by atoms with E-state index in [9.17, 15) is 8.78 Å². The molecule has 2 nitrogen and oxygen atoms in total. The van der Waals surface area contributed by atoms with Crippen molar-refractivity contribution in [2.75, 3.05) is 11.5 Å². The van der Waals surface area contributed by atoms with E-state index >= 15 is 0 Å². The van der Waals surface area contributed by atoms with E-state index in [4.69, 9.17) is 4.74 Å². The Morgan fingerprint density at radius 1 is 1.04 bits per heavy atom. The fraction of sp³-hybridized carbons (Fsp3) is 0.333. The van der Waals surface area contributed by atoms with Crippen molar-refractivity contribution in [2.24, 2.45) is 0 Å². The summed E-state index contributed by atoms with van der Waals surface area (Å²) in [4.78, 5) is 2.21. The fourth-order valence-electron chi connectivity index (χ4n) is 3.43. The average Bonchev–Trinajstić information content (AvgIpc) is 2.55. The summed E-state index contributed by atoms with van der Waals surface area (Å²) in [6.45, 7) is 9.40. The van der Waals surface area contributed by atoms with Gasteiger partial charge in [-0.2, -0.15) is 0 Å². The lowest BCUT2D eigenvalue weighted by molar-refractivity contribution is 0.340. The third-order valence-corrected chi connectivity index (χ3v) is 4.58. The van der Waals surface area contributed by atoms with Crippen LogP contribution in [0.3, 0.4) is 0 Å². The molecule has 0 amide bonds. The Hall–Kier alpha value is -2.36. The van der Waals surface area contributed by atoms with Crippen LogP contribution in [0.4, 0.5) is 14.5 Å². The molecule has 0 aromatic heterocycles. The minimum atomic E-state index is -0.820. The molecule has 2 aromatic rings. The zero-order valence-corrected chi connectivity index (χ0v) is 15.1. The van der Waals surface area contributed by atoms with E-state index in [1.54, 1.807) is 6.07 Å². The second-order valence-corrected chi connectivity index (χ2v) is 6.93. The molecule has 1 aliphatic heterocycles. The minimum absolute atomic E-state index is 0.241. The lowest BCUT2D eigenvalue weighted by Gasteiger charge is -2.43. The van der Waals surface area contributed by atoms with Gasteiger partial charge in [-0.15, -0.1) is 0 Å². The van der Waals surface area contributed by atoms with Gasteiger partial charge in [0, 0.05) is 17.8 Å². The van der Waals surface area contributed by atoms with Gasteiger partial charge >= 0.3 is 0 Å². The highest BCUT2D eigenvalue weighted by atomic mass is 19.2. The van der Waals surface area contributed by atoms with Crippen LogP contribution in [-0.4, -0.2) is 12.1 Å². The number of hydrogen-bond acceptors (Lipinski definition) is 2. The maximum Gasteiger partial charge on any atom is 0.159 e. The molecule has 0 spiro atoms. The Labute approximate surface area is 147 Å². The molecule has 0 radical (unpaired) electrons. The fourth-order valence-corrected chi connectivity index (χ4v) is 3.43. The molecule has 25 heavy (non-hydrogen) atoms. The first-order chi connectivity index (χ1) is 11.8. The van der Waals surface area contributed by atoms with Crippen molar-refractivity contribution < 1.29 is 13.5 Å². The monoisotopic (exact) mass is 343 g/mol. The van der Waals surface area contributed by atoms with E-state index in [0.29, 0.717) is 13.2 Å². The lowest BCUT2D eigenvalue weighted by atomic mass is 9.88. The molecule has 3 rings (SSSR count). The molecule has 2 aromatic carbocycles. The molecular formula is C21H23F2NO. The smallest absolute Gasteiger partial charge is 0.159 e. The first-order valence-electron chi connectivity index (χ1n) is 8.50. The Morgan fingerprint density at radius 3 is 2.48 bits per heavy atom. The van der Waals surface area contributed by atoms with Gasteiger partial charge in [-0.05, 0) is 69.2 Å². The third-order valence-electron chi connectivity index (χ3n) is 4.58. The van der Waals surface area contributed by atoms with Gasteiger partial charge in [0.2, 0.25) is 0 Å². The van der Waals surface area contributed by atoms with E-state index in [1.165, 1.54) is 17.7 Å². The molecule has 0 N–H and O–H groups in total. The van der Waals surface area contributed by atoms with Crippen molar-refractivity contribution in [1.82, 2.24) is 0 Å².